The molecule has 0 aromatic heterocycles. The summed E-state index contributed by atoms with van der Waals surface area (Å²) in [4.78, 5) is 0. The normalized spacial score (nSPS) is 20.6. The fourth-order valence-corrected chi connectivity index (χ4v) is 9.28. The lowest BCUT2D eigenvalue weighted by atomic mass is 10.1. The first-order valence-corrected chi connectivity index (χ1v) is 13.7. The van der Waals surface area contributed by atoms with Crippen LogP contribution < -0.4 is 10.4 Å². The molecule has 0 bridgehead atoms. The molecule has 3 aromatic rings. The molecule has 5 heteroatoms. The van der Waals surface area contributed by atoms with Gasteiger partial charge in [-0.3, -0.25) is 0 Å². The number of ether oxygens (including phenoxy) is 2. The SMILES string of the molecule is CC(C)(C)[Si](OC[C@H]1OC=C[C@@H](O)[C@@H]1OCc1ccccc1)(c1ccccc1)c1ccccc1. The van der Waals surface area contributed by atoms with Gasteiger partial charge in [-0.2, -0.15) is 0 Å². The quantitative estimate of drug-likeness (QED) is 0.491. The first-order valence-electron chi connectivity index (χ1n) is 11.8. The lowest BCUT2D eigenvalue weighted by molar-refractivity contribution is -0.119. The Labute approximate surface area is 204 Å². The second-order valence-electron chi connectivity index (χ2n) is 9.73. The Morgan fingerprint density at radius 3 is 1.88 bits per heavy atom. The monoisotopic (exact) mass is 474 g/mol. The highest BCUT2D eigenvalue weighted by Gasteiger charge is 2.51. The molecular formula is C29H34O4Si. The minimum Gasteiger partial charge on any atom is -0.493 e. The van der Waals surface area contributed by atoms with Crippen LogP contribution >= 0.6 is 0 Å². The molecule has 178 valence electrons. The van der Waals surface area contributed by atoms with E-state index >= 15 is 0 Å². The molecule has 0 fully saturated rings. The number of rotatable bonds is 8. The van der Waals surface area contributed by atoms with Gasteiger partial charge in [-0.1, -0.05) is 112 Å². The van der Waals surface area contributed by atoms with Crippen molar-refractivity contribution in [2.24, 2.45) is 0 Å². The second-order valence-corrected chi connectivity index (χ2v) is 14.0. The summed E-state index contributed by atoms with van der Waals surface area (Å²) in [6.45, 7) is 7.46. The van der Waals surface area contributed by atoms with Crippen molar-refractivity contribution >= 4 is 18.7 Å². The van der Waals surface area contributed by atoms with E-state index in [0.29, 0.717) is 13.2 Å². The fraction of sp³-hybridized carbons (Fsp3) is 0.310. The first-order chi connectivity index (χ1) is 16.4. The molecular weight excluding hydrogens is 440 g/mol. The van der Waals surface area contributed by atoms with Crippen LogP contribution in [0.1, 0.15) is 26.3 Å². The molecule has 0 saturated carbocycles. The molecule has 0 saturated heterocycles. The van der Waals surface area contributed by atoms with Gasteiger partial charge in [-0.05, 0) is 27.1 Å². The Morgan fingerprint density at radius 2 is 1.35 bits per heavy atom. The van der Waals surface area contributed by atoms with Gasteiger partial charge >= 0.3 is 0 Å². The summed E-state index contributed by atoms with van der Waals surface area (Å²) in [6, 6.07) is 31.0. The fourth-order valence-electron chi connectivity index (χ4n) is 4.71. The van der Waals surface area contributed by atoms with E-state index in [9.17, 15) is 5.11 Å². The largest absolute Gasteiger partial charge is 0.493 e. The van der Waals surface area contributed by atoms with Gasteiger partial charge < -0.3 is 19.0 Å². The van der Waals surface area contributed by atoms with Crippen LogP contribution in [-0.2, 0) is 20.5 Å². The number of aliphatic hydroxyl groups is 1. The zero-order valence-corrected chi connectivity index (χ0v) is 21.1. The summed E-state index contributed by atoms with van der Waals surface area (Å²) in [5.41, 5.74) is 1.05. The third-order valence-electron chi connectivity index (χ3n) is 6.40. The maximum Gasteiger partial charge on any atom is 0.261 e. The average Bonchev–Trinajstić information content (AvgIpc) is 2.85. The second kappa shape index (κ2) is 10.7. The third-order valence-corrected chi connectivity index (χ3v) is 11.4. The zero-order valence-electron chi connectivity index (χ0n) is 20.1. The van der Waals surface area contributed by atoms with Crippen LogP contribution in [0.5, 0.6) is 0 Å². The summed E-state index contributed by atoms with van der Waals surface area (Å²) in [5.74, 6) is 0. The van der Waals surface area contributed by atoms with Crippen LogP contribution in [0.4, 0.5) is 0 Å². The summed E-state index contributed by atoms with van der Waals surface area (Å²) in [6.07, 6.45) is 1.49. The van der Waals surface area contributed by atoms with Gasteiger partial charge in [-0.15, -0.1) is 0 Å². The number of benzene rings is 3. The maximum absolute atomic E-state index is 10.7. The molecule has 0 spiro atoms. The third kappa shape index (κ3) is 5.18. The predicted molar refractivity (Wildman–Crippen MR) is 139 cm³/mol. The molecule has 4 rings (SSSR count). The Balaban J connectivity index is 1.63. The van der Waals surface area contributed by atoms with Gasteiger partial charge in [-0.25, -0.2) is 0 Å². The highest BCUT2D eigenvalue weighted by Crippen LogP contribution is 2.37. The standard InChI is InChI=1S/C29H34O4Si/c1-29(2,3)34(24-15-9-5-10-16-24,25-17-11-6-12-18-25)33-22-27-28(26(30)19-20-31-27)32-21-23-13-7-4-8-14-23/h4-20,26-28,30H,21-22H2,1-3H3/t26-,27-,28+/m1/s1. The van der Waals surface area contributed by atoms with E-state index in [1.165, 1.54) is 10.4 Å². The minimum absolute atomic E-state index is 0.140. The van der Waals surface area contributed by atoms with Crippen molar-refractivity contribution < 1.29 is 19.0 Å². The first kappa shape index (κ1) is 24.4. The molecule has 4 nitrogen and oxygen atoms in total. The van der Waals surface area contributed by atoms with Gasteiger partial charge in [0.25, 0.3) is 8.32 Å². The average molecular weight is 475 g/mol. The van der Waals surface area contributed by atoms with Gasteiger partial charge in [0.2, 0.25) is 0 Å². The van der Waals surface area contributed by atoms with Gasteiger partial charge in [0.1, 0.15) is 18.3 Å². The molecule has 1 heterocycles. The van der Waals surface area contributed by atoms with Crippen LogP contribution in [0.15, 0.2) is 103 Å². The van der Waals surface area contributed by atoms with Crippen molar-refractivity contribution in [2.75, 3.05) is 6.61 Å². The van der Waals surface area contributed by atoms with E-state index in [1.54, 1.807) is 12.3 Å². The van der Waals surface area contributed by atoms with Crippen molar-refractivity contribution in [1.29, 1.82) is 0 Å². The Hall–Kier alpha value is -2.70. The molecule has 34 heavy (non-hydrogen) atoms. The molecule has 3 aromatic carbocycles. The number of aliphatic hydroxyl groups excluding tert-OH is 1. The lowest BCUT2D eigenvalue weighted by Gasteiger charge is -2.44. The Bertz CT molecular complexity index is 1010. The Morgan fingerprint density at radius 1 is 0.824 bits per heavy atom. The van der Waals surface area contributed by atoms with E-state index in [1.807, 2.05) is 42.5 Å². The molecule has 1 N–H and O–H groups in total. The zero-order chi connectivity index (χ0) is 24.0. The van der Waals surface area contributed by atoms with Crippen LogP contribution in [0.25, 0.3) is 0 Å². The van der Waals surface area contributed by atoms with Crippen molar-refractivity contribution in [3.8, 4) is 0 Å². The molecule has 0 amide bonds. The summed E-state index contributed by atoms with van der Waals surface area (Å²) < 4.78 is 19.2. The van der Waals surface area contributed by atoms with Crippen molar-refractivity contribution in [3.63, 3.8) is 0 Å². The van der Waals surface area contributed by atoms with Crippen LogP contribution in [0.2, 0.25) is 5.04 Å². The minimum atomic E-state index is -2.71. The predicted octanol–water partition coefficient (Wildman–Crippen LogP) is 4.42. The van der Waals surface area contributed by atoms with E-state index in [-0.39, 0.29) is 5.04 Å². The van der Waals surface area contributed by atoms with Crippen LogP contribution in [0.3, 0.4) is 0 Å². The molecule has 0 unspecified atom stereocenters. The van der Waals surface area contributed by atoms with E-state index < -0.39 is 26.6 Å². The number of hydrogen-bond donors (Lipinski definition) is 1. The van der Waals surface area contributed by atoms with Crippen LogP contribution in [-0.4, -0.2) is 38.3 Å². The van der Waals surface area contributed by atoms with Gasteiger partial charge in [0.05, 0.1) is 19.5 Å². The van der Waals surface area contributed by atoms with Crippen LogP contribution in [0, 0.1) is 0 Å². The highest BCUT2D eigenvalue weighted by atomic mass is 28.4. The molecule has 0 radical (unpaired) electrons. The topological polar surface area (TPSA) is 47.9 Å². The summed E-state index contributed by atoms with van der Waals surface area (Å²) in [7, 11) is -2.71. The van der Waals surface area contributed by atoms with E-state index in [2.05, 4.69) is 69.3 Å². The van der Waals surface area contributed by atoms with Gasteiger partial charge in [0, 0.05) is 0 Å². The van der Waals surface area contributed by atoms with Crippen molar-refractivity contribution in [1.82, 2.24) is 0 Å². The molecule has 1 aliphatic rings. The molecule has 1 aliphatic heterocycles. The van der Waals surface area contributed by atoms with E-state index in [0.717, 1.165) is 5.56 Å². The van der Waals surface area contributed by atoms with Gasteiger partial charge in [0.15, 0.2) is 0 Å². The maximum atomic E-state index is 10.7. The highest BCUT2D eigenvalue weighted by molar-refractivity contribution is 6.99. The summed E-state index contributed by atoms with van der Waals surface area (Å²) >= 11 is 0. The molecule has 0 aliphatic carbocycles. The van der Waals surface area contributed by atoms with E-state index in [4.69, 9.17) is 13.9 Å². The van der Waals surface area contributed by atoms with Crippen molar-refractivity contribution in [3.05, 3.63) is 109 Å². The molecule has 3 atom stereocenters. The smallest absolute Gasteiger partial charge is 0.261 e. The Kier molecular flexibility index (Phi) is 7.69. The summed E-state index contributed by atoms with van der Waals surface area (Å²) in [5, 5.41) is 13.0. The van der Waals surface area contributed by atoms with Crippen molar-refractivity contribution in [2.45, 2.75) is 50.7 Å². The lowest BCUT2D eigenvalue weighted by Crippen LogP contribution is -2.67. The number of hydrogen-bond acceptors (Lipinski definition) is 4.